The highest BCUT2D eigenvalue weighted by Crippen LogP contribution is 2.33. The third-order valence-electron chi connectivity index (χ3n) is 6.20. The van der Waals surface area contributed by atoms with Crippen molar-refractivity contribution in [3.05, 3.63) is 60.7 Å². The standard InChI is InChI=1S/C26H27N3O4/c30-25(28-22-7-3-5-18-4-1-2-6-21(18)22)17-29-12-10-19(11-13-29)26(31)27-20-8-9-23-24(16-20)33-15-14-32-23/h1-9,16,19H,10-15,17H2,(H,27,31)(H,28,30). The number of carbonyl (C=O) groups is 2. The van der Waals surface area contributed by atoms with Crippen molar-refractivity contribution in [3.8, 4) is 11.5 Å². The summed E-state index contributed by atoms with van der Waals surface area (Å²) in [6.07, 6.45) is 1.44. The van der Waals surface area contributed by atoms with Crippen molar-refractivity contribution in [3.63, 3.8) is 0 Å². The minimum atomic E-state index is -0.0735. The van der Waals surface area contributed by atoms with Crippen molar-refractivity contribution in [2.45, 2.75) is 12.8 Å². The molecule has 3 aromatic carbocycles. The van der Waals surface area contributed by atoms with Gasteiger partial charge in [0, 0.05) is 28.7 Å². The van der Waals surface area contributed by atoms with Crippen LogP contribution in [0.1, 0.15) is 12.8 Å². The molecule has 3 aromatic rings. The van der Waals surface area contributed by atoms with Crippen LogP contribution in [0, 0.1) is 5.92 Å². The minimum Gasteiger partial charge on any atom is -0.486 e. The first-order valence-corrected chi connectivity index (χ1v) is 11.4. The van der Waals surface area contributed by atoms with Gasteiger partial charge in [-0.05, 0) is 49.5 Å². The second kappa shape index (κ2) is 9.50. The van der Waals surface area contributed by atoms with Gasteiger partial charge in [-0.1, -0.05) is 36.4 Å². The van der Waals surface area contributed by atoms with Crippen LogP contribution in [-0.2, 0) is 9.59 Å². The van der Waals surface area contributed by atoms with E-state index in [0.29, 0.717) is 50.0 Å². The second-order valence-electron chi connectivity index (χ2n) is 8.47. The summed E-state index contributed by atoms with van der Waals surface area (Å²) in [5.41, 5.74) is 1.54. The summed E-state index contributed by atoms with van der Waals surface area (Å²) in [7, 11) is 0. The molecule has 2 aliphatic heterocycles. The third-order valence-corrected chi connectivity index (χ3v) is 6.20. The van der Waals surface area contributed by atoms with E-state index in [4.69, 9.17) is 9.47 Å². The van der Waals surface area contributed by atoms with Crippen molar-refractivity contribution >= 4 is 34.0 Å². The molecule has 0 spiro atoms. The number of likely N-dealkylation sites (tertiary alicyclic amines) is 1. The summed E-state index contributed by atoms with van der Waals surface area (Å²) in [4.78, 5) is 27.5. The summed E-state index contributed by atoms with van der Waals surface area (Å²) in [6.45, 7) is 2.79. The molecule has 2 amide bonds. The molecule has 2 N–H and O–H groups in total. The molecular formula is C26H27N3O4. The Labute approximate surface area is 192 Å². The number of rotatable bonds is 5. The Morgan fingerprint density at radius 3 is 2.48 bits per heavy atom. The van der Waals surface area contributed by atoms with E-state index in [1.54, 1.807) is 6.07 Å². The number of piperidine rings is 1. The summed E-state index contributed by atoms with van der Waals surface area (Å²) in [5.74, 6) is 1.26. The molecule has 0 bridgehead atoms. The number of hydrogen-bond donors (Lipinski definition) is 2. The van der Waals surface area contributed by atoms with Crippen molar-refractivity contribution in [2.75, 3.05) is 43.5 Å². The lowest BCUT2D eigenvalue weighted by Gasteiger charge is -2.30. The number of carbonyl (C=O) groups excluding carboxylic acids is 2. The van der Waals surface area contributed by atoms with E-state index in [0.717, 1.165) is 29.3 Å². The van der Waals surface area contributed by atoms with Gasteiger partial charge in [-0.2, -0.15) is 0 Å². The minimum absolute atomic E-state index is 0.00605. The number of hydrogen-bond acceptors (Lipinski definition) is 5. The lowest BCUT2D eigenvalue weighted by Crippen LogP contribution is -2.41. The SMILES string of the molecule is O=C(CN1CCC(C(=O)Nc2ccc3c(c2)OCCO3)CC1)Nc1cccc2ccccc12. The van der Waals surface area contributed by atoms with Crippen LogP contribution in [-0.4, -0.2) is 49.6 Å². The molecule has 7 heteroatoms. The van der Waals surface area contributed by atoms with Crippen LogP contribution in [0.2, 0.25) is 0 Å². The predicted octanol–water partition coefficient (Wildman–Crippen LogP) is 3.90. The largest absolute Gasteiger partial charge is 0.486 e. The Hall–Kier alpha value is -3.58. The summed E-state index contributed by atoms with van der Waals surface area (Å²) < 4.78 is 11.1. The summed E-state index contributed by atoms with van der Waals surface area (Å²) in [5, 5.41) is 8.16. The van der Waals surface area contributed by atoms with Crippen LogP contribution in [0.3, 0.4) is 0 Å². The second-order valence-corrected chi connectivity index (χ2v) is 8.47. The normalized spacial score (nSPS) is 16.4. The topological polar surface area (TPSA) is 79.9 Å². The number of benzene rings is 3. The number of nitrogens with zero attached hydrogens (tertiary/aromatic N) is 1. The molecule has 0 aliphatic carbocycles. The van der Waals surface area contributed by atoms with Crippen LogP contribution in [0.4, 0.5) is 11.4 Å². The molecule has 0 aromatic heterocycles. The van der Waals surface area contributed by atoms with E-state index in [1.807, 2.05) is 54.6 Å². The van der Waals surface area contributed by atoms with E-state index in [2.05, 4.69) is 15.5 Å². The Balaban J connectivity index is 1.12. The number of amides is 2. The van der Waals surface area contributed by atoms with Crippen molar-refractivity contribution in [2.24, 2.45) is 5.92 Å². The molecule has 2 heterocycles. The van der Waals surface area contributed by atoms with Gasteiger partial charge in [0.1, 0.15) is 13.2 Å². The lowest BCUT2D eigenvalue weighted by molar-refractivity contribution is -0.121. The Bertz CT molecular complexity index is 1170. The highest BCUT2D eigenvalue weighted by molar-refractivity contribution is 6.02. The predicted molar refractivity (Wildman–Crippen MR) is 128 cm³/mol. The van der Waals surface area contributed by atoms with Gasteiger partial charge >= 0.3 is 0 Å². The van der Waals surface area contributed by atoms with E-state index >= 15 is 0 Å². The van der Waals surface area contributed by atoms with Crippen molar-refractivity contribution in [1.82, 2.24) is 4.90 Å². The molecule has 0 unspecified atom stereocenters. The lowest BCUT2D eigenvalue weighted by atomic mass is 9.95. The van der Waals surface area contributed by atoms with Gasteiger partial charge in [0.15, 0.2) is 11.5 Å². The fourth-order valence-electron chi connectivity index (χ4n) is 4.45. The summed E-state index contributed by atoms with van der Waals surface area (Å²) >= 11 is 0. The van der Waals surface area contributed by atoms with Gasteiger partial charge in [-0.3, -0.25) is 14.5 Å². The van der Waals surface area contributed by atoms with Crippen molar-refractivity contribution < 1.29 is 19.1 Å². The zero-order chi connectivity index (χ0) is 22.6. The van der Waals surface area contributed by atoms with Gasteiger partial charge in [-0.15, -0.1) is 0 Å². The number of fused-ring (bicyclic) bond motifs is 2. The maximum absolute atomic E-state index is 12.7. The molecule has 5 rings (SSSR count). The first-order chi connectivity index (χ1) is 16.2. The van der Waals surface area contributed by atoms with E-state index in [1.165, 1.54) is 0 Å². The molecule has 1 saturated heterocycles. The van der Waals surface area contributed by atoms with Crippen LogP contribution in [0.5, 0.6) is 11.5 Å². The molecule has 170 valence electrons. The maximum atomic E-state index is 12.7. The average molecular weight is 446 g/mol. The Kier molecular flexibility index (Phi) is 6.13. The first kappa shape index (κ1) is 21.3. The zero-order valence-corrected chi connectivity index (χ0v) is 18.4. The smallest absolute Gasteiger partial charge is 0.238 e. The van der Waals surface area contributed by atoms with Crippen LogP contribution in [0.15, 0.2) is 60.7 Å². The molecule has 2 aliphatic rings. The Morgan fingerprint density at radius 1 is 0.879 bits per heavy atom. The quantitative estimate of drug-likeness (QED) is 0.623. The number of nitrogens with one attached hydrogen (secondary N) is 2. The fourth-order valence-corrected chi connectivity index (χ4v) is 4.45. The van der Waals surface area contributed by atoms with E-state index in [-0.39, 0.29) is 17.7 Å². The van der Waals surface area contributed by atoms with Gasteiger partial charge in [0.05, 0.1) is 6.54 Å². The molecule has 1 fully saturated rings. The van der Waals surface area contributed by atoms with Gasteiger partial charge in [0.2, 0.25) is 11.8 Å². The van der Waals surface area contributed by atoms with Gasteiger partial charge in [0.25, 0.3) is 0 Å². The highest BCUT2D eigenvalue weighted by Gasteiger charge is 2.26. The third kappa shape index (κ3) is 4.93. The molecule has 33 heavy (non-hydrogen) atoms. The zero-order valence-electron chi connectivity index (χ0n) is 18.4. The molecule has 0 saturated carbocycles. The first-order valence-electron chi connectivity index (χ1n) is 11.4. The average Bonchev–Trinajstić information content (AvgIpc) is 2.84. The Morgan fingerprint density at radius 2 is 1.64 bits per heavy atom. The van der Waals surface area contributed by atoms with Crippen LogP contribution < -0.4 is 20.1 Å². The van der Waals surface area contributed by atoms with Crippen LogP contribution >= 0.6 is 0 Å². The molecule has 0 radical (unpaired) electrons. The summed E-state index contributed by atoms with van der Waals surface area (Å²) in [6, 6.07) is 19.4. The van der Waals surface area contributed by atoms with E-state index in [9.17, 15) is 9.59 Å². The molecule has 7 nitrogen and oxygen atoms in total. The molecule has 0 atom stereocenters. The number of anilines is 2. The van der Waals surface area contributed by atoms with Gasteiger partial charge < -0.3 is 20.1 Å². The maximum Gasteiger partial charge on any atom is 0.238 e. The fraction of sp³-hybridized carbons (Fsp3) is 0.308. The monoisotopic (exact) mass is 445 g/mol. The van der Waals surface area contributed by atoms with Crippen molar-refractivity contribution in [1.29, 1.82) is 0 Å². The number of ether oxygens (including phenoxy) is 2. The van der Waals surface area contributed by atoms with Crippen LogP contribution in [0.25, 0.3) is 10.8 Å². The van der Waals surface area contributed by atoms with Gasteiger partial charge in [-0.25, -0.2) is 0 Å². The highest BCUT2D eigenvalue weighted by atomic mass is 16.6. The molecular weight excluding hydrogens is 418 g/mol. The van der Waals surface area contributed by atoms with E-state index < -0.39 is 0 Å².